The highest BCUT2D eigenvalue weighted by Crippen LogP contribution is 2.06. The van der Waals surface area contributed by atoms with Gasteiger partial charge in [0.25, 0.3) is 0 Å². The minimum absolute atomic E-state index is 0.167. The van der Waals surface area contributed by atoms with Crippen molar-refractivity contribution in [3.05, 3.63) is 0 Å². The Kier molecular flexibility index (Phi) is 9.49. The summed E-state index contributed by atoms with van der Waals surface area (Å²) in [5, 5.41) is 37.4. The minimum atomic E-state index is -1.53. The third-order valence-electron chi connectivity index (χ3n) is 4.05. The maximum absolute atomic E-state index is 12.4. The molecule has 0 aliphatic carbocycles. The monoisotopic (exact) mass is 406 g/mol. The molecule has 154 valence electrons. The van der Waals surface area contributed by atoms with Crippen molar-refractivity contribution in [3.63, 3.8) is 0 Å². The van der Waals surface area contributed by atoms with E-state index in [1.165, 1.54) is 6.92 Å². The first-order chi connectivity index (χ1) is 12.7. The van der Waals surface area contributed by atoms with Gasteiger partial charge in [-0.1, -0.05) is 0 Å². The Morgan fingerprint density at radius 3 is 2.22 bits per heavy atom. The minimum Gasteiger partial charge on any atom is -0.480 e. The van der Waals surface area contributed by atoms with E-state index in [9.17, 15) is 24.3 Å². The van der Waals surface area contributed by atoms with E-state index in [-0.39, 0.29) is 5.75 Å². The van der Waals surface area contributed by atoms with Crippen LogP contribution in [0, 0.1) is 0 Å². The summed E-state index contributed by atoms with van der Waals surface area (Å²) in [6.07, 6.45) is 0.198. The Bertz CT molecular complexity index is 554. The van der Waals surface area contributed by atoms with E-state index in [1.54, 1.807) is 0 Å². The van der Waals surface area contributed by atoms with Crippen LogP contribution in [0.15, 0.2) is 0 Å². The number of carbonyl (C=O) groups is 4. The number of aliphatic hydroxyl groups is 2. The van der Waals surface area contributed by atoms with Crippen LogP contribution < -0.4 is 21.3 Å². The fraction of sp³-hybridized carbons (Fsp3) is 0.733. The van der Waals surface area contributed by atoms with E-state index in [1.807, 2.05) is 0 Å². The Morgan fingerprint density at radius 1 is 1.15 bits per heavy atom. The number of carboxylic acid groups (broad SMARTS) is 1. The summed E-state index contributed by atoms with van der Waals surface area (Å²) in [5.41, 5.74) is 0. The second-order valence-corrected chi connectivity index (χ2v) is 6.57. The van der Waals surface area contributed by atoms with Crippen LogP contribution in [0.4, 0.5) is 0 Å². The fourth-order valence-electron chi connectivity index (χ4n) is 2.48. The van der Waals surface area contributed by atoms with E-state index < -0.39 is 60.6 Å². The van der Waals surface area contributed by atoms with Gasteiger partial charge in [-0.3, -0.25) is 14.4 Å². The first-order valence-corrected chi connectivity index (χ1v) is 9.11. The van der Waals surface area contributed by atoms with E-state index in [4.69, 9.17) is 10.2 Å². The molecule has 1 aliphatic rings. The molecule has 3 amide bonds. The van der Waals surface area contributed by atoms with Gasteiger partial charge in [0, 0.05) is 5.75 Å². The molecule has 0 bridgehead atoms. The third kappa shape index (κ3) is 6.97. The molecule has 0 spiro atoms. The van der Waals surface area contributed by atoms with Crippen molar-refractivity contribution in [2.75, 3.05) is 18.9 Å². The summed E-state index contributed by atoms with van der Waals surface area (Å²) in [5.74, 6) is -3.73. The number of amides is 3. The van der Waals surface area contributed by atoms with Crippen LogP contribution in [0.2, 0.25) is 0 Å². The molecule has 1 rings (SSSR count). The molecule has 27 heavy (non-hydrogen) atoms. The van der Waals surface area contributed by atoms with Gasteiger partial charge in [-0.25, -0.2) is 4.79 Å². The Balaban J connectivity index is 2.72. The van der Waals surface area contributed by atoms with Gasteiger partial charge in [0.2, 0.25) is 17.7 Å². The van der Waals surface area contributed by atoms with Crippen LogP contribution in [0.25, 0.3) is 0 Å². The van der Waals surface area contributed by atoms with Crippen LogP contribution in [0.1, 0.15) is 19.8 Å². The quantitative estimate of drug-likeness (QED) is 0.173. The zero-order valence-electron chi connectivity index (χ0n) is 14.8. The number of hydrogen-bond acceptors (Lipinski definition) is 8. The number of aliphatic carboxylic acids is 1. The molecule has 7 N–H and O–H groups in total. The molecular formula is C15H26N4O7S. The van der Waals surface area contributed by atoms with Crippen molar-refractivity contribution in [2.45, 2.75) is 50.0 Å². The number of rotatable bonds is 10. The molecule has 1 heterocycles. The summed E-state index contributed by atoms with van der Waals surface area (Å²) < 4.78 is 0. The number of hydrogen-bond donors (Lipinski definition) is 8. The molecule has 1 fully saturated rings. The Labute approximate surface area is 161 Å². The Morgan fingerprint density at radius 2 is 1.78 bits per heavy atom. The van der Waals surface area contributed by atoms with Gasteiger partial charge in [-0.15, -0.1) is 0 Å². The molecule has 5 atom stereocenters. The lowest BCUT2D eigenvalue weighted by Gasteiger charge is -2.25. The molecule has 0 aromatic heterocycles. The second kappa shape index (κ2) is 11.1. The van der Waals surface area contributed by atoms with Gasteiger partial charge >= 0.3 is 5.97 Å². The largest absolute Gasteiger partial charge is 0.480 e. The van der Waals surface area contributed by atoms with Crippen LogP contribution in [0.3, 0.4) is 0 Å². The average Bonchev–Trinajstić information content (AvgIpc) is 3.15. The van der Waals surface area contributed by atoms with Gasteiger partial charge in [0.1, 0.15) is 18.1 Å². The highest BCUT2D eigenvalue weighted by Gasteiger charge is 2.32. The molecule has 1 saturated heterocycles. The standard InChI is InChI=1S/C15H26N4O7S/c1-7(21)11(19-12(22)8-3-2-4-16-8)14(24)18-10(6-27)13(23)17-9(5-20)15(25)26/h7-11,16,20-21,27H,2-6H2,1H3,(H,17,23)(H,18,24)(H,19,22)(H,25,26). The van der Waals surface area contributed by atoms with Crippen molar-refractivity contribution in [3.8, 4) is 0 Å². The highest BCUT2D eigenvalue weighted by molar-refractivity contribution is 7.80. The lowest BCUT2D eigenvalue weighted by atomic mass is 10.1. The topological polar surface area (TPSA) is 177 Å². The van der Waals surface area contributed by atoms with Gasteiger partial charge < -0.3 is 36.6 Å². The summed E-state index contributed by atoms with van der Waals surface area (Å²) in [6, 6.07) is -4.51. The SMILES string of the molecule is CC(O)C(NC(=O)C1CCCN1)C(=O)NC(CS)C(=O)NC(CO)C(=O)O. The lowest BCUT2D eigenvalue weighted by Crippen LogP contribution is -2.60. The predicted octanol–water partition coefficient (Wildman–Crippen LogP) is -3.42. The Hall–Kier alpha value is -1.89. The molecule has 11 nitrogen and oxygen atoms in total. The zero-order chi connectivity index (χ0) is 20.6. The maximum atomic E-state index is 12.4. The highest BCUT2D eigenvalue weighted by atomic mass is 32.1. The molecule has 0 radical (unpaired) electrons. The van der Waals surface area contributed by atoms with Crippen molar-refractivity contribution in [1.29, 1.82) is 0 Å². The van der Waals surface area contributed by atoms with Crippen LogP contribution in [0.5, 0.6) is 0 Å². The normalized spacial score (nSPS) is 20.8. The van der Waals surface area contributed by atoms with Crippen molar-refractivity contribution >= 4 is 36.3 Å². The first-order valence-electron chi connectivity index (χ1n) is 8.48. The molecule has 0 aromatic carbocycles. The van der Waals surface area contributed by atoms with Crippen molar-refractivity contribution in [2.24, 2.45) is 0 Å². The van der Waals surface area contributed by atoms with E-state index in [0.29, 0.717) is 13.0 Å². The van der Waals surface area contributed by atoms with Crippen molar-refractivity contribution in [1.82, 2.24) is 21.3 Å². The summed E-state index contributed by atoms with van der Waals surface area (Å²) in [7, 11) is 0. The molecular weight excluding hydrogens is 380 g/mol. The van der Waals surface area contributed by atoms with Crippen LogP contribution in [-0.2, 0) is 19.2 Å². The predicted molar refractivity (Wildman–Crippen MR) is 97.1 cm³/mol. The van der Waals surface area contributed by atoms with Gasteiger partial charge in [0.05, 0.1) is 18.8 Å². The smallest absolute Gasteiger partial charge is 0.328 e. The molecule has 5 unspecified atom stereocenters. The maximum Gasteiger partial charge on any atom is 0.328 e. The van der Waals surface area contributed by atoms with Gasteiger partial charge in [-0.05, 0) is 26.3 Å². The van der Waals surface area contributed by atoms with E-state index in [0.717, 1.165) is 6.42 Å². The molecule has 1 aliphatic heterocycles. The number of carboxylic acids is 1. The average molecular weight is 406 g/mol. The summed E-state index contributed by atoms with van der Waals surface area (Å²) >= 11 is 3.95. The number of carbonyl (C=O) groups excluding carboxylic acids is 3. The molecule has 0 saturated carbocycles. The van der Waals surface area contributed by atoms with E-state index >= 15 is 0 Å². The lowest BCUT2D eigenvalue weighted by molar-refractivity contribution is -0.143. The summed E-state index contributed by atoms with van der Waals surface area (Å²) in [4.78, 5) is 47.5. The van der Waals surface area contributed by atoms with Gasteiger partial charge in [-0.2, -0.15) is 12.6 Å². The van der Waals surface area contributed by atoms with Crippen LogP contribution in [-0.4, -0.2) is 88.2 Å². The van der Waals surface area contributed by atoms with Gasteiger partial charge in [0.15, 0.2) is 0 Å². The number of aliphatic hydroxyl groups excluding tert-OH is 2. The molecule has 12 heteroatoms. The first kappa shape index (κ1) is 23.1. The van der Waals surface area contributed by atoms with Crippen molar-refractivity contribution < 1.29 is 34.5 Å². The number of nitrogens with one attached hydrogen (secondary N) is 4. The number of thiol groups is 1. The third-order valence-corrected chi connectivity index (χ3v) is 4.42. The zero-order valence-corrected chi connectivity index (χ0v) is 15.7. The second-order valence-electron chi connectivity index (χ2n) is 6.20. The molecule has 0 aromatic rings. The summed E-state index contributed by atoms with van der Waals surface area (Å²) in [6.45, 7) is 1.17. The van der Waals surface area contributed by atoms with Crippen LogP contribution >= 0.6 is 12.6 Å². The van der Waals surface area contributed by atoms with E-state index in [2.05, 4.69) is 33.9 Å². The fourth-order valence-corrected chi connectivity index (χ4v) is 2.74.